The molecule has 0 N–H and O–H groups in total. The lowest BCUT2D eigenvalue weighted by molar-refractivity contribution is -0.387. The van der Waals surface area contributed by atoms with Gasteiger partial charge in [0.1, 0.15) is 4.90 Å². The molecule has 0 bridgehead atoms. The zero-order chi connectivity index (χ0) is 12.1. The smallest absolute Gasteiger partial charge is 0.258 e. The predicted molar refractivity (Wildman–Crippen MR) is 63.8 cm³/mol. The van der Waals surface area contributed by atoms with Crippen LogP contribution < -0.4 is 0 Å². The molecule has 1 aromatic rings. The van der Waals surface area contributed by atoms with E-state index in [0.29, 0.717) is 16.3 Å². The number of rotatable bonds is 4. The summed E-state index contributed by atoms with van der Waals surface area (Å²) >= 11 is 7.04. The number of nitro groups is 1. The minimum absolute atomic E-state index is 0.0235. The zero-order valence-corrected chi connectivity index (χ0v) is 10.1. The molecule has 0 saturated carbocycles. The molecule has 0 aliphatic carbocycles. The molecule has 0 saturated heterocycles. The normalized spacial score (nSPS) is 9.81. The Morgan fingerprint density at radius 2 is 2.31 bits per heavy atom. The van der Waals surface area contributed by atoms with Crippen LogP contribution >= 0.6 is 23.4 Å². The minimum atomic E-state index is -0.468. The Kier molecular flexibility index (Phi) is 4.59. The number of thioether (sulfide) groups is 1. The van der Waals surface area contributed by atoms with Crippen molar-refractivity contribution >= 4 is 29.1 Å². The monoisotopic (exact) mass is 256 g/mol. The van der Waals surface area contributed by atoms with Crippen LogP contribution in [0.2, 0.25) is 5.02 Å². The van der Waals surface area contributed by atoms with Gasteiger partial charge in [-0.05, 0) is 18.1 Å². The molecule has 0 amide bonds. The van der Waals surface area contributed by atoms with Crippen molar-refractivity contribution in [1.29, 1.82) is 5.26 Å². The number of benzene rings is 1. The van der Waals surface area contributed by atoms with E-state index in [1.807, 2.05) is 13.0 Å². The Morgan fingerprint density at radius 3 is 2.81 bits per heavy atom. The number of nitrogens with zero attached hydrogens (tertiary/aromatic N) is 2. The number of hydrogen-bond acceptors (Lipinski definition) is 4. The van der Waals surface area contributed by atoms with Crippen molar-refractivity contribution in [3.05, 3.63) is 32.8 Å². The molecular formula is C10H9ClN2O2S. The van der Waals surface area contributed by atoms with Crippen LogP contribution in [0.15, 0.2) is 17.0 Å². The molecule has 16 heavy (non-hydrogen) atoms. The summed E-state index contributed by atoms with van der Waals surface area (Å²) in [7, 11) is 0. The van der Waals surface area contributed by atoms with Gasteiger partial charge in [0.05, 0.1) is 21.8 Å². The van der Waals surface area contributed by atoms with Gasteiger partial charge in [0, 0.05) is 6.07 Å². The van der Waals surface area contributed by atoms with Crippen LogP contribution in [0, 0.1) is 21.4 Å². The molecule has 1 aromatic carbocycles. The Bertz CT molecular complexity index is 457. The maximum Gasteiger partial charge on any atom is 0.284 e. The molecular weight excluding hydrogens is 248 g/mol. The second-order valence-corrected chi connectivity index (χ2v) is 4.38. The lowest BCUT2D eigenvalue weighted by atomic mass is 10.1. The summed E-state index contributed by atoms with van der Waals surface area (Å²) in [6.45, 7) is 1.90. The van der Waals surface area contributed by atoms with Gasteiger partial charge in [-0.1, -0.05) is 18.5 Å². The fourth-order valence-electron chi connectivity index (χ4n) is 1.22. The first-order valence-electron chi connectivity index (χ1n) is 4.56. The summed E-state index contributed by atoms with van der Waals surface area (Å²) in [5.74, 6) is 0.145. The average molecular weight is 257 g/mol. The average Bonchev–Trinajstić information content (AvgIpc) is 2.26. The molecule has 1 rings (SSSR count). The Morgan fingerprint density at radius 1 is 1.62 bits per heavy atom. The molecule has 0 aliphatic heterocycles. The standard InChI is InChI=1S/C10H9ClN2O2S/c1-2-7-5-8(11)10(16-4-3-12)9(6-7)13(14)15/h5-6H,2,4H2,1H3. The number of nitriles is 1. The van der Waals surface area contributed by atoms with Crippen LogP contribution in [0.1, 0.15) is 12.5 Å². The SMILES string of the molecule is CCc1cc(Cl)c(SCC#N)c([N+](=O)[O-])c1. The van der Waals surface area contributed by atoms with Crippen molar-refractivity contribution in [3.63, 3.8) is 0 Å². The number of aryl methyl sites for hydroxylation is 1. The molecule has 0 radical (unpaired) electrons. The third-order valence-electron chi connectivity index (χ3n) is 1.97. The van der Waals surface area contributed by atoms with E-state index < -0.39 is 4.92 Å². The van der Waals surface area contributed by atoms with Crippen LogP contribution in [-0.2, 0) is 6.42 Å². The van der Waals surface area contributed by atoms with Gasteiger partial charge in [0.2, 0.25) is 0 Å². The van der Waals surface area contributed by atoms with Crippen LogP contribution in [0.25, 0.3) is 0 Å². The van der Waals surface area contributed by atoms with Crippen molar-refractivity contribution in [1.82, 2.24) is 0 Å². The van der Waals surface area contributed by atoms with Crippen LogP contribution in [0.3, 0.4) is 0 Å². The third-order valence-corrected chi connectivity index (χ3v) is 3.37. The van der Waals surface area contributed by atoms with E-state index >= 15 is 0 Å². The molecule has 84 valence electrons. The summed E-state index contributed by atoms with van der Waals surface area (Å²) in [4.78, 5) is 10.8. The maximum atomic E-state index is 10.9. The van der Waals surface area contributed by atoms with Crippen molar-refractivity contribution in [3.8, 4) is 6.07 Å². The molecule has 0 aromatic heterocycles. The van der Waals surface area contributed by atoms with Crippen molar-refractivity contribution in [2.75, 3.05) is 5.75 Å². The van der Waals surface area contributed by atoms with E-state index in [1.165, 1.54) is 6.07 Å². The highest BCUT2D eigenvalue weighted by Gasteiger charge is 2.18. The van der Waals surface area contributed by atoms with Crippen LogP contribution in [-0.4, -0.2) is 10.7 Å². The van der Waals surface area contributed by atoms with E-state index in [2.05, 4.69) is 0 Å². The second-order valence-electron chi connectivity index (χ2n) is 2.98. The molecule has 0 fully saturated rings. The van der Waals surface area contributed by atoms with Gasteiger partial charge in [-0.25, -0.2) is 0 Å². The largest absolute Gasteiger partial charge is 0.284 e. The van der Waals surface area contributed by atoms with Crippen molar-refractivity contribution in [2.45, 2.75) is 18.2 Å². The highest BCUT2D eigenvalue weighted by molar-refractivity contribution is 7.99. The van der Waals surface area contributed by atoms with Gasteiger partial charge in [0.15, 0.2) is 0 Å². The van der Waals surface area contributed by atoms with Gasteiger partial charge in [-0.15, -0.1) is 11.8 Å². The lowest BCUT2D eigenvalue weighted by Crippen LogP contribution is -1.94. The number of halogens is 1. The summed E-state index contributed by atoms with van der Waals surface area (Å²) in [5.41, 5.74) is 0.794. The van der Waals surface area contributed by atoms with E-state index in [4.69, 9.17) is 16.9 Å². The fourth-order valence-corrected chi connectivity index (χ4v) is 2.31. The van der Waals surface area contributed by atoms with Crippen molar-refractivity contribution < 1.29 is 4.92 Å². The summed E-state index contributed by atoms with van der Waals surface area (Å²) in [6, 6.07) is 5.13. The van der Waals surface area contributed by atoms with E-state index in [9.17, 15) is 10.1 Å². The fraction of sp³-hybridized carbons (Fsp3) is 0.300. The highest BCUT2D eigenvalue weighted by atomic mass is 35.5. The van der Waals surface area contributed by atoms with E-state index in [1.54, 1.807) is 6.07 Å². The number of nitro benzene ring substituents is 1. The highest BCUT2D eigenvalue weighted by Crippen LogP contribution is 2.36. The molecule has 0 heterocycles. The predicted octanol–water partition coefficient (Wildman–Crippen LogP) is 3.43. The molecule has 0 atom stereocenters. The first-order chi connectivity index (χ1) is 7.60. The Labute approximate surface area is 102 Å². The first-order valence-corrected chi connectivity index (χ1v) is 5.93. The summed E-state index contributed by atoms with van der Waals surface area (Å²) in [5, 5.41) is 19.7. The van der Waals surface area contributed by atoms with E-state index in [-0.39, 0.29) is 11.4 Å². The summed E-state index contributed by atoms with van der Waals surface area (Å²) in [6.07, 6.45) is 0.684. The van der Waals surface area contributed by atoms with Gasteiger partial charge in [0.25, 0.3) is 5.69 Å². The van der Waals surface area contributed by atoms with Gasteiger partial charge < -0.3 is 0 Å². The molecule has 0 aliphatic rings. The molecule has 6 heteroatoms. The lowest BCUT2D eigenvalue weighted by Gasteiger charge is -2.05. The maximum absolute atomic E-state index is 10.9. The first kappa shape index (κ1) is 12.8. The molecule has 0 unspecified atom stereocenters. The minimum Gasteiger partial charge on any atom is -0.258 e. The second kappa shape index (κ2) is 5.73. The Balaban J connectivity index is 3.23. The van der Waals surface area contributed by atoms with Gasteiger partial charge in [-0.3, -0.25) is 10.1 Å². The topological polar surface area (TPSA) is 66.9 Å². The Hall–Kier alpha value is -1.25. The van der Waals surface area contributed by atoms with E-state index in [0.717, 1.165) is 17.3 Å². The van der Waals surface area contributed by atoms with Gasteiger partial charge >= 0.3 is 0 Å². The molecule has 4 nitrogen and oxygen atoms in total. The van der Waals surface area contributed by atoms with Crippen LogP contribution in [0.4, 0.5) is 5.69 Å². The third kappa shape index (κ3) is 2.87. The van der Waals surface area contributed by atoms with Crippen LogP contribution in [0.5, 0.6) is 0 Å². The van der Waals surface area contributed by atoms with Gasteiger partial charge in [-0.2, -0.15) is 5.26 Å². The van der Waals surface area contributed by atoms with Crippen molar-refractivity contribution in [2.24, 2.45) is 0 Å². The number of hydrogen-bond donors (Lipinski definition) is 0. The molecule has 0 spiro atoms. The summed E-state index contributed by atoms with van der Waals surface area (Å²) < 4.78 is 0. The zero-order valence-electron chi connectivity index (χ0n) is 8.57. The quantitative estimate of drug-likeness (QED) is 0.470.